The highest BCUT2D eigenvalue weighted by Crippen LogP contribution is 2.22. The van der Waals surface area contributed by atoms with Crippen molar-refractivity contribution in [2.24, 2.45) is 0 Å². The van der Waals surface area contributed by atoms with Gasteiger partial charge in [0.2, 0.25) is 0 Å². The fraction of sp³-hybridized carbons (Fsp3) is 0.273. The molecule has 0 aliphatic heterocycles. The highest BCUT2D eigenvalue weighted by atomic mass is 16.6. The van der Waals surface area contributed by atoms with Gasteiger partial charge in [-0.15, -0.1) is 0 Å². The van der Waals surface area contributed by atoms with Gasteiger partial charge in [-0.05, 0) is 12.5 Å². The molecule has 0 heterocycles. The summed E-state index contributed by atoms with van der Waals surface area (Å²) in [5.74, 6) is -0.761. The molecule has 0 aliphatic rings. The molecule has 0 saturated heterocycles. The minimum absolute atomic E-state index is 0.0462. The van der Waals surface area contributed by atoms with E-state index in [1.165, 1.54) is 12.1 Å². The monoisotopic (exact) mass is 253 g/mol. The maximum atomic E-state index is 10.6. The van der Waals surface area contributed by atoms with Crippen LogP contribution in [-0.4, -0.2) is 28.9 Å². The molecule has 0 aromatic heterocycles. The highest BCUT2D eigenvalue weighted by Gasteiger charge is 2.10. The molecule has 0 amide bonds. The van der Waals surface area contributed by atoms with Crippen LogP contribution in [0.1, 0.15) is 23.2 Å². The van der Waals surface area contributed by atoms with E-state index in [0.29, 0.717) is 6.29 Å². The summed E-state index contributed by atoms with van der Waals surface area (Å²) in [4.78, 5) is 30.8. The topological polar surface area (TPSA) is 107 Å². The molecule has 7 nitrogen and oxygen atoms in total. The maximum Gasteiger partial charge on any atom is 0.303 e. The van der Waals surface area contributed by atoms with E-state index in [4.69, 9.17) is 9.84 Å². The molecule has 0 unspecified atom stereocenters. The van der Waals surface area contributed by atoms with Crippen LogP contribution < -0.4 is 4.74 Å². The van der Waals surface area contributed by atoms with Crippen molar-refractivity contribution in [2.75, 3.05) is 6.61 Å². The number of carboxylic acid groups (broad SMARTS) is 1. The molecule has 0 spiro atoms. The van der Waals surface area contributed by atoms with Crippen LogP contribution in [0.5, 0.6) is 5.75 Å². The Labute approximate surface area is 102 Å². The van der Waals surface area contributed by atoms with Crippen molar-refractivity contribution in [1.82, 2.24) is 0 Å². The van der Waals surface area contributed by atoms with Crippen molar-refractivity contribution in [1.29, 1.82) is 0 Å². The van der Waals surface area contributed by atoms with E-state index < -0.39 is 10.9 Å². The van der Waals surface area contributed by atoms with E-state index in [1.54, 1.807) is 0 Å². The molecule has 1 aromatic carbocycles. The number of ether oxygens (including phenoxy) is 1. The van der Waals surface area contributed by atoms with Gasteiger partial charge in [0, 0.05) is 18.1 Å². The van der Waals surface area contributed by atoms with Crippen LogP contribution in [0.25, 0.3) is 0 Å². The second-order valence-corrected chi connectivity index (χ2v) is 3.48. The highest BCUT2D eigenvalue weighted by molar-refractivity contribution is 5.77. The predicted octanol–water partition coefficient (Wildman–Crippen LogP) is 1.65. The molecule has 0 bridgehead atoms. The standard InChI is InChI=1S/C11H11NO6/c13-7-8-4-9(12(16)17)6-10(5-8)18-3-1-2-11(14)15/h4-7H,1-3H2,(H,14,15). The van der Waals surface area contributed by atoms with E-state index in [9.17, 15) is 19.7 Å². The second kappa shape index (κ2) is 6.33. The SMILES string of the molecule is O=Cc1cc(OCCCC(=O)O)cc([N+](=O)[O-])c1. The molecule has 1 N–H and O–H groups in total. The number of nitrogens with zero attached hydrogens (tertiary/aromatic N) is 1. The number of aliphatic carboxylic acids is 1. The minimum atomic E-state index is -0.939. The van der Waals surface area contributed by atoms with Gasteiger partial charge in [0.05, 0.1) is 17.6 Å². The fourth-order valence-electron chi connectivity index (χ4n) is 1.28. The van der Waals surface area contributed by atoms with Gasteiger partial charge in [-0.25, -0.2) is 0 Å². The Morgan fingerprint density at radius 1 is 1.44 bits per heavy atom. The first kappa shape index (κ1) is 13.6. The molecule has 18 heavy (non-hydrogen) atoms. The number of carbonyl (C=O) groups excluding carboxylic acids is 1. The first-order chi connectivity index (χ1) is 8.52. The number of nitro benzene ring substituents is 1. The van der Waals surface area contributed by atoms with Crippen molar-refractivity contribution < 1.29 is 24.4 Å². The fourth-order valence-corrected chi connectivity index (χ4v) is 1.28. The zero-order valence-corrected chi connectivity index (χ0v) is 9.37. The summed E-state index contributed by atoms with van der Waals surface area (Å²) < 4.78 is 5.16. The third-order valence-corrected chi connectivity index (χ3v) is 2.06. The quantitative estimate of drug-likeness (QED) is 0.342. The first-order valence-corrected chi connectivity index (χ1v) is 5.12. The lowest BCUT2D eigenvalue weighted by Crippen LogP contribution is -2.02. The Morgan fingerprint density at radius 2 is 2.17 bits per heavy atom. The van der Waals surface area contributed by atoms with Crippen LogP contribution in [0, 0.1) is 10.1 Å². The van der Waals surface area contributed by atoms with Crippen LogP contribution in [0.3, 0.4) is 0 Å². The van der Waals surface area contributed by atoms with Crippen LogP contribution in [0.2, 0.25) is 0 Å². The third kappa shape index (κ3) is 4.20. The lowest BCUT2D eigenvalue weighted by atomic mass is 10.2. The Kier molecular flexibility index (Phi) is 4.79. The van der Waals surface area contributed by atoms with Crippen molar-refractivity contribution in [3.05, 3.63) is 33.9 Å². The van der Waals surface area contributed by atoms with Crippen LogP contribution >= 0.6 is 0 Å². The molecule has 7 heteroatoms. The average Bonchev–Trinajstić information content (AvgIpc) is 2.34. The van der Waals surface area contributed by atoms with E-state index in [-0.39, 0.29) is 36.4 Å². The summed E-state index contributed by atoms with van der Waals surface area (Å²) in [5.41, 5.74) is -0.106. The lowest BCUT2D eigenvalue weighted by molar-refractivity contribution is -0.385. The molecule has 1 aromatic rings. The van der Waals surface area contributed by atoms with Crippen LogP contribution in [0.4, 0.5) is 5.69 Å². The molecule has 0 fully saturated rings. The number of carboxylic acids is 1. The van der Waals surface area contributed by atoms with Crippen LogP contribution in [-0.2, 0) is 4.79 Å². The third-order valence-electron chi connectivity index (χ3n) is 2.06. The summed E-state index contributed by atoms with van der Waals surface area (Å²) in [5, 5.41) is 19.0. The zero-order valence-electron chi connectivity index (χ0n) is 9.37. The molecule has 0 atom stereocenters. The van der Waals surface area contributed by atoms with E-state index in [0.717, 1.165) is 6.07 Å². The van der Waals surface area contributed by atoms with Crippen LogP contribution in [0.15, 0.2) is 18.2 Å². The summed E-state index contributed by atoms with van der Waals surface area (Å²) in [6.07, 6.45) is 0.723. The normalized spacial score (nSPS) is 9.78. The zero-order chi connectivity index (χ0) is 13.5. The van der Waals surface area contributed by atoms with Crippen molar-refractivity contribution in [2.45, 2.75) is 12.8 Å². The Hall–Kier alpha value is -2.44. The number of aldehydes is 1. The van der Waals surface area contributed by atoms with Gasteiger partial charge < -0.3 is 9.84 Å². The Bertz CT molecular complexity index is 471. The van der Waals surface area contributed by atoms with Gasteiger partial charge in [-0.1, -0.05) is 0 Å². The largest absolute Gasteiger partial charge is 0.493 e. The number of benzene rings is 1. The van der Waals surface area contributed by atoms with Crippen molar-refractivity contribution >= 4 is 17.9 Å². The smallest absolute Gasteiger partial charge is 0.303 e. The van der Waals surface area contributed by atoms with Gasteiger partial charge in [0.1, 0.15) is 12.0 Å². The molecular weight excluding hydrogens is 242 g/mol. The summed E-state index contributed by atoms with van der Waals surface area (Å²) in [6, 6.07) is 3.69. The number of hydrogen-bond acceptors (Lipinski definition) is 5. The van der Waals surface area contributed by atoms with Crippen molar-refractivity contribution in [3.8, 4) is 5.75 Å². The molecule has 0 saturated carbocycles. The summed E-state index contributed by atoms with van der Waals surface area (Å²) in [7, 11) is 0. The Morgan fingerprint density at radius 3 is 2.72 bits per heavy atom. The lowest BCUT2D eigenvalue weighted by Gasteiger charge is -2.05. The average molecular weight is 253 g/mol. The maximum absolute atomic E-state index is 10.6. The molecule has 0 radical (unpaired) electrons. The van der Waals surface area contributed by atoms with E-state index >= 15 is 0 Å². The van der Waals surface area contributed by atoms with Gasteiger partial charge in [-0.3, -0.25) is 19.7 Å². The molecular formula is C11H11NO6. The van der Waals surface area contributed by atoms with Gasteiger partial charge >= 0.3 is 5.97 Å². The van der Waals surface area contributed by atoms with Gasteiger partial charge in [-0.2, -0.15) is 0 Å². The van der Waals surface area contributed by atoms with Gasteiger partial charge in [0.25, 0.3) is 5.69 Å². The summed E-state index contributed by atoms with van der Waals surface area (Å²) in [6.45, 7) is 0.117. The number of nitro groups is 1. The van der Waals surface area contributed by atoms with E-state index in [1.807, 2.05) is 0 Å². The van der Waals surface area contributed by atoms with Gasteiger partial charge in [0.15, 0.2) is 0 Å². The first-order valence-electron chi connectivity index (χ1n) is 5.12. The minimum Gasteiger partial charge on any atom is -0.493 e. The molecule has 0 aliphatic carbocycles. The van der Waals surface area contributed by atoms with Crippen molar-refractivity contribution in [3.63, 3.8) is 0 Å². The number of rotatable bonds is 7. The molecule has 1 rings (SSSR count). The Balaban J connectivity index is 2.69. The summed E-state index contributed by atoms with van der Waals surface area (Å²) >= 11 is 0. The number of non-ortho nitro benzene ring substituents is 1. The predicted molar refractivity (Wildman–Crippen MR) is 60.8 cm³/mol. The molecule has 96 valence electrons. The number of carbonyl (C=O) groups is 2. The second-order valence-electron chi connectivity index (χ2n) is 3.48. The number of hydrogen-bond donors (Lipinski definition) is 1. The van der Waals surface area contributed by atoms with E-state index in [2.05, 4.69) is 0 Å².